The van der Waals surface area contributed by atoms with E-state index in [1.54, 1.807) is 13.0 Å². The highest BCUT2D eigenvalue weighted by Crippen LogP contribution is 2.38. The van der Waals surface area contributed by atoms with Crippen LogP contribution in [0.25, 0.3) is 0 Å². The first-order chi connectivity index (χ1) is 9.30. The topological polar surface area (TPSA) is 98.5 Å². The van der Waals surface area contributed by atoms with Gasteiger partial charge in [-0.2, -0.15) is 9.57 Å². The van der Waals surface area contributed by atoms with Gasteiger partial charge in [-0.05, 0) is 19.3 Å². The Hall–Kier alpha value is -1.13. The molecular formula is C13H22N2O4S. The molecule has 1 N–H and O–H groups in total. The minimum absolute atomic E-state index is 0.201. The molecule has 1 unspecified atom stereocenters. The van der Waals surface area contributed by atoms with E-state index in [2.05, 4.69) is 0 Å². The predicted octanol–water partition coefficient (Wildman–Crippen LogP) is 1.73. The van der Waals surface area contributed by atoms with Crippen molar-refractivity contribution in [2.45, 2.75) is 62.7 Å². The second-order valence-electron chi connectivity index (χ2n) is 5.39. The lowest BCUT2D eigenvalue weighted by Gasteiger charge is -2.43. The Kier molecular flexibility index (Phi) is 5.54. The SMILES string of the molecule is CCC(C#N)S(=O)(=O)N(C)C1(CC(=O)O)CCCCC1. The Labute approximate surface area is 120 Å². The van der Waals surface area contributed by atoms with E-state index in [1.165, 1.54) is 11.4 Å². The van der Waals surface area contributed by atoms with Gasteiger partial charge < -0.3 is 5.11 Å². The lowest BCUT2D eigenvalue weighted by atomic mass is 9.79. The van der Waals surface area contributed by atoms with E-state index < -0.39 is 26.8 Å². The van der Waals surface area contributed by atoms with Crippen molar-refractivity contribution in [1.29, 1.82) is 5.26 Å². The number of sulfonamides is 1. The highest BCUT2D eigenvalue weighted by Gasteiger charge is 2.45. The van der Waals surface area contributed by atoms with Crippen LogP contribution < -0.4 is 0 Å². The van der Waals surface area contributed by atoms with Gasteiger partial charge in [0.2, 0.25) is 10.0 Å². The molecule has 1 atom stereocenters. The molecule has 0 amide bonds. The lowest BCUT2D eigenvalue weighted by Crippen LogP contribution is -2.54. The van der Waals surface area contributed by atoms with Crippen molar-refractivity contribution in [3.05, 3.63) is 0 Å². The summed E-state index contributed by atoms with van der Waals surface area (Å²) >= 11 is 0. The second-order valence-corrected chi connectivity index (χ2v) is 7.54. The smallest absolute Gasteiger partial charge is 0.305 e. The van der Waals surface area contributed by atoms with Crippen molar-refractivity contribution in [2.75, 3.05) is 7.05 Å². The molecule has 0 heterocycles. The number of carboxylic acids is 1. The third kappa shape index (κ3) is 3.30. The Morgan fingerprint density at radius 3 is 2.35 bits per heavy atom. The second kappa shape index (κ2) is 6.55. The van der Waals surface area contributed by atoms with Crippen LogP contribution >= 0.6 is 0 Å². The van der Waals surface area contributed by atoms with E-state index in [0.717, 1.165) is 19.3 Å². The zero-order chi connectivity index (χ0) is 15.4. The highest BCUT2D eigenvalue weighted by molar-refractivity contribution is 7.90. The predicted molar refractivity (Wildman–Crippen MR) is 74.4 cm³/mol. The molecule has 7 heteroatoms. The third-order valence-electron chi connectivity index (χ3n) is 4.19. The summed E-state index contributed by atoms with van der Waals surface area (Å²) in [6, 6.07) is 1.81. The van der Waals surface area contributed by atoms with Crippen molar-refractivity contribution < 1.29 is 18.3 Å². The number of carbonyl (C=O) groups is 1. The molecule has 114 valence electrons. The molecule has 0 aromatic carbocycles. The van der Waals surface area contributed by atoms with Crippen LogP contribution in [0.3, 0.4) is 0 Å². The summed E-state index contributed by atoms with van der Waals surface area (Å²) in [7, 11) is -2.38. The fourth-order valence-electron chi connectivity index (χ4n) is 2.92. The van der Waals surface area contributed by atoms with E-state index >= 15 is 0 Å². The van der Waals surface area contributed by atoms with Gasteiger partial charge in [-0.25, -0.2) is 8.42 Å². The van der Waals surface area contributed by atoms with Crippen LogP contribution in [0.15, 0.2) is 0 Å². The maximum Gasteiger partial charge on any atom is 0.305 e. The molecule has 1 fully saturated rings. The van der Waals surface area contributed by atoms with Gasteiger partial charge in [-0.15, -0.1) is 0 Å². The molecule has 1 aliphatic carbocycles. The Morgan fingerprint density at radius 1 is 1.40 bits per heavy atom. The number of nitrogens with zero attached hydrogens (tertiary/aromatic N) is 2. The average molecular weight is 302 g/mol. The van der Waals surface area contributed by atoms with Crippen LogP contribution in [-0.4, -0.2) is 41.6 Å². The summed E-state index contributed by atoms with van der Waals surface area (Å²) in [5, 5.41) is 17.0. The van der Waals surface area contributed by atoms with Gasteiger partial charge in [0.15, 0.2) is 5.25 Å². The minimum Gasteiger partial charge on any atom is -0.481 e. The van der Waals surface area contributed by atoms with Gasteiger partial charge in [0.05, 0.1) is 12.5 Å². The molecule has 0 radical (unpaired) electrons. The quantitative estimate of drug-likeness (QED) is 0.805. The maximum atomic E-state index is 12.5. The van der Waals surface area contributed by atoms with E-state index in [1.807, 2.05) is 0 Å². The summed E-state index contributed by atoms with van der Waals surface area (Å²) in [5.74, 6) is -1.00. The number of hydrogen-bond donors (Lipinski definition) is 1. The van der Waals surface area contributed by atoms with Gasteiger partial charge in [-0.3, -0.25) is 4.79 Å². The van der Waals surface area contributed by atoms with E-state index in [-0.39, 0.29) is 12.8 Å². The standard InChI is InChI=1S/C13H22N2O4S/c1-3-11(10-14)20(18,19)15(2)13(9-12(16)17)7-5-4-6-8-13/h11H,3-9H2,1-2H3,(H,16,17). The average Bonchev–Trinajstić information content (AvgIpc) is 2.39. The normalized spacial score (nSPS) is 20.3. The van der Waals surface area contributed by atoms with Crippen LogP contribution in [-0.2, 0) is 14.8 Å². The minimum atomic E-state index is -3.80. The molecule has 0 aromatic rings. The molecular weight excluding hydrogens is 280 g/mol. The first-order valence-electron chi connectivity index (χ1n) is 6.89. The van der Waals surface area contributed by atoms with Gasteiger partial charge >= 0.3 is 5.97 Å². The fraction of sp³-hybridized carbons (Fsp3) is 0.846. The van der Waals surface area contributed by atoms with Crippen molar-refractivity contribution in [3.8, 4) is 6.07 Å². The number of nitriles is 1. The number of hydrogen-bond acceptors (Lipinski definition) is 4. The van der Waals surface area contributed by atoms with Crippen molar-refractivity contribution in [1.82, 2.24) is 4.31 Å². The van der Waals surface area contributed by atoms with Crippen LogP contribution in [0.1, 0.15) is 51.9 Å². The van der Waals surface area contributed by atoms with E-state index in [0.29, 0.717) is 12.8 Å². The Balaban J connectivity index is 3.14. The first kappa shape index (κ1) is 16.9. The molecule has 20 heavy (non-hydrogen) atoms. The zero-order valence-corrected chi connectivity index (χ0v) is 12.8. The van der Waals surface area contributed by atoms with Crippen LogP contribution in [0, 0.1) is 11.3 Å². The maximum absolute atomic E-state index is 12.5. The lowest BCUT2D eigenvalue weighted by molar-refractivity contribution is -0.140. The largest absolute Gasteiger partial charge is 0.481 e. The monoisotopic (exact) mass is 302 g/mol. The zero-order valence-electron chi connectivity index (χ0n) is 12.0. The molecule has 0 bridgehead atoms. The first-order valence-corrected chi connectivity index (χ1v) is 8.40. The Morgan fingerprint density at radius 2 is 1.95 bits per heavy atom. The van der Waals surface area contributed by atoms with Crippen molar-refractivity contribution in [2.24, 2.45) is 0 Å². The highest BCUT2D eigenvalue weighted by atomic mass is 32.2. The molecule has 6 nitrogen and oxygen atoms in total. The van der Waals surface area contributed by atoms with Gasteiger partial charge in [0.1, 0.15) is 0 Å². The van der Waals surface area contributed by atoms with E-state index in [9.17, 15) is 13.2 Å². The van der Waals surface area contributed by atoms with Gasteiger partial charge in [-0.1, -0.05) is 26.2 Å². The number of aliphatic carboxylic acids is 1. The molecule has 1 aliphatic rings. The number of carboxylic acid groups (broad SMARTS) is 1. The van der Waals surface area contributed by atoms with Crippen LogP contribution in [0.5, 0.6) is 0 Å². The molecule has 0 saturated heterocycles. The van der Waals surface area contributed by atoms with Crippen LogP contribution in [0.2, 0.25) is 0 Å². The van der Waals surface area contributed by atoms with Gasteiger partial charge in [0, 0.05) is 12.6 Å². The summed E-state index contributed by atoms with van der Waals surface area (Å²) in [4.78, 5) is 11.1. The summed E-state index contributed by atoms with van der Waals surface area (Å²) in [6.07, 6.45) is 3.70. The molecule has 0 aromatic heterocycles. The van der Waals surface area contributed by atoms with Crippen LogP contribution in [0.4, 0.5) is 0 Å². The van der Waals surface area contributed by atoms with Gasteiger partial charge in [0.25, 0.3) is 0 Å². The third-order valence-corrected chi connectivity index (χ3v) is 6.50. The number of rotatable bonds is 6. The summed E-state index contributed by atoms with van der Waals surface area (Å²) in [6.45, 7) is 1.64. The molecule has 1 rings (SSSR count). The molecule has 0 spiro atoms. The Bertz CT molecular complexity index is 489. The summed E-state index contributed by atoms with van der Waals surface area (Å²) < 4.78 is 26.1. The van der Waals surface area contributed by atoms with Crippen molar-refractivity contribution >= 4 is 16.0 Å². The van der Waals surface area contributed by atoms with Crippen molar-refractivity contribution in [3.63, 3.8) is 0 Å². The molecule has 0 aliphatic heterocycles. The summed E-state index contributed by atoms with van der Waals surface area (Å²) in [5.41, 5.74) is -0.882. The molecule has 1 saturated carbocycles. The fourth-order valence-corrected chi connectivity index (χ4v) is 4.65. The van der Waals surface area contributed by atoms with E-state index in [4.69, 9.17) is 10.4 Å².